The van der Waals surface area contributed by atoms with E-state index < -0.39 is 0 Å². The van der Waals surface area contributed by atoms with Crippen molar-refractivity contribution in [2.75, 3.05) is 6.61 Å². The van der Waals surface area contributed by atoms with Gasteiger partial charge in [-0.2, -0.15) is 0 Å². The summed E-state index contributed by atoms with van der Waals surface area (Å²) in [5, 5.41) is 2.19. The summed E-state index contributed by atoms with van der Waals surface area (Å²) >= 11 is 0. The van der Waals surface area contributed by atoms with Crippen LogP contribution in [0.2, 0.25) is 0 Å². The Balaban J connectivity index is 1.95. The molecule has 0 saturated carbocycles. The monoisotopic (exact) mass is 259 g/mol. The number of imide groups is 1. The van der Waals surface area contributed by atoms with E-state index in [1.54, 1.807) is 0 Å². The van der Waals surface area contributed by atoms with Crippen LogP contribution < -0.4 is 5.32 Å². The van der Waals surface area contributed by atoms with Crippen LogP contribution in [0.4, 0.5) is 0 Å². The van der Waals surface area contributed by atoms with Gasteiger partial charge in [-0.15, -0.1) is 0 Å². The summed E-state index contributed by atoms with van der Waals surface area (Å²) in [6, 6.07) is 8.07. The Kier molecular flexibility index (Phi) is 4.12. The Bertz CT molecular complexity index is 532. The number of nitrogens with one attached hydrogen (secondary N) is 1. The summed E-state index contributed by atoms with van der Waals surface area (Å²) in [4.78, 5) is 22.3. The fourth-order valence-corrected chi connectivity index (χ4v) is 2.06. The van der Waals surface area contributed by atoms with Gasteiger partial charge in [0, 0.05) is 11.6 Å². The van der Waals surface area contributed by atoms with Gasteiger partial charge >= 0.3 is 0 Å². The second kappa shape index (κ2) is 5.80. The van der Waals surface area contributed by atoms with E-state index >= 15 is 0 Å². The zero-order chi connectivity index (χ0) is 13.8. The second-order valence-electron chi connectivity index (χ2n) is 4.83. The number of hydrogen-bond donors (Lipinski definition) is 1. The Morgan fingerprint density at radius 2 is 1.89 bits per heavy atom. The van der Waals surface area contributed by atoms with Gasteiger partial charge in [-0.3, -0.25) is 14.9 Å². The molecule has 2 rings (SSSR count). The topological polar surface area (TPSA) is 55.4 Å². The van der Waals surface area contributed by atoms with Gasteiger partial charge in [0.25, 0.3) is 11.8 Å². The minimum atomic E-state index is -0.369. The van der Waals surface area contributed by atoms with Gasteiger partial charge in [-0.05, 0) is 17.0 Å². The molecule has 4 nitrogen and oxygen atoms in total. The number of carbonyl (C=O) groups is 2. The molecule has 1 aliphatic heterocycles. The standard InChI is InChI=1S/C15H17NO3/c1-10(2)13-6-4-3-5-11(13)8-19-9-12-7-14(17)16-15(12)18/h3-7,10H,8-9H2,1-2H3,(H,16,17,18). The first kappa shape index (κ1) is 13.5. The van der Waals surface area contributed by atoms with Crippen LogP contribution in [0.5, 0.6) is 0 Å². The van der Waals surface area contributed by atoms with E-state index in [-0.39, 0.29) is 18.4 Å². The molecule has 0 aliphatic carbocycles. The largest absolute Gasteiger partial charge is 0.372 e. The lowest BCUT2D eigenvalue weighted by Crippen LogP contribution is -2.23. The number of benzene rings is 1. The molecule has 1 aromatic carbocycles. The number of amides is 2. The molecule has 0 spiro atoms. The number of ether oxygens (including phenoxy) is 1. The molecule has 1 aromatic rings. The van der Waals surface area contributed by atoms with Crippen LogP contribution in [-0.4, -0.2) is 18.4 Å². The summed E-state index contributed by atoms with van der Waals surface area (Å²) in [5.41, 5.74) is 2.73. The van der Waals surface area contributed by atoms with Crippen LogP contribution in [0, 0.1) is 0 Å². The SMILES string of the molecule is CC(C)c1ccccc1COCC1=CC(=O)NC1=O. The van der Waals surface area contributed by atoms with Gasteiger partial charge in [-0.1, -0.05) is 38.1 Å². The van der Waals surface area contributed by atoms with Crippen LogP contribution in [-0.2, 0) is 20.9 Å². The minimum absolute atomic E-state index is 0.157. The molecule has 1 heterocycles. The van der Waals surface area contributed by atoms with Gasteiger partial charge in [0.2, 0.25) is 0 Å². The molecular weight excluding hydrogens is 242 g/mol. The highest BCUT2D eigenvalue weighted by Crippen LogP contribution is 2.20. The van der Waals surface area contributed by atoms with Gasteiger partial charge in [-0.25, -0.2) is 0 Å². The predicted octanol–water partition coefficient (Wildman–Crippen LogP) is 1.91. The highest BCUT2D eigenvalue weighted by Gasteiger charge is 2.20. The quantitative estimate of drug-likeness (QED) is 0.822. The van der Waals surface area contributed by atoms with Crippen molar-refractivity contribution in [1.29, 1.82) is 0 Å². The fourth-order valence-electron chi connectivity index (χ4n) is 2.06. The predicted molar refractivity (Wildman–Crippen MR) is 71.4 cm³/mol. The molecule has 0 bridgehead atoms. The van der Waals surface area contributed by atoms with Crippen molar-refractivity contribution in [1.82, 2.24) is 5.32 Å². The summed E-state index contributed by atoms with van der Waals surface area (Å²) in [5.74, 6) is -0.302. The van der Waals surface area contributed by atoms with Crippen molar-refractivity contribution in [2.45, 2.75) is 26.4 Å². The lowest BCUT2D eigenvalue weighted by Gasteiger charge is -2.12. The molecule has 0 unspecified atom stereocenters. The summed E-state index contributed by atoms with van der Waals surface area (Å²) in [7, 11) is 0. The lowest BCUT2D eigenvalue weighted by molar-refractivity contribution is -0.124. The number of carbonyl (C=O) groups excluding carboxylic acids is 2. The zero-order valence-corrected chi connectivity index (χ0v) is 11.1. The molecule has 4 heteroatoms. The van der Waals surface area contributed by atoms with Gasteiger partial charge in [0.1, 0.15) is 0 Å². The molecule has 1 N–H and O–H groups in total. The minimum Gasteiger partial charge on any atom is -0.372 e. The van der Waals surface area contributed by atoms with E-state index in [1.165, 1.54) is 11.6 Å². The molecule has 0 aromatic heterocycles. The third kappa shape index (κ3) is 3.29. The summed E-state index contributed by atoms with van der Waals surface area (Å²) < 4.78 is 5.53. The van der Waals surface area contributed by atoms with E-state index in [0.717, 1.165) is 5.56 Å². The maximum Gasteiger partial charge on any atom is 0.256 e. The molecule has 100 valence electrons. The molecule has 1 aliphatic rings. The Morgan fingerprint density at radius 1 is 1.16 bits per heavy atom. The molecule has 19 heavy (non-hydrogen) atoms. The third-order valence-corrected chi connectivity index (χ3v) is 3.03. The lowest BCUT2D eigenvalue weighted by atomic mass is 9.98. The molecule has 0 saturated heterocycles. The average Bonchev–Trinajstić information content (AvgIpc) is 2.68. The average molecular weight is 259 g/mol. The highest BCUT2D eigenvalue weighted by atomic mass is 16.5. The first-order valence-corrected chi connectivity index (χ1v) is 6.29. The van der Waals surface area contributed by atoms with Crippen LogP contribution in [0.1, 0.15) is 30.9 Å². The summed E-state index contributed by atoms with van der Waals surface area (Å²) in [6.07, 6.45) is 1.29. The van der Waals surface area contributed by atoms with Crippen molar-refractivity contribution in [3.63, 3.8) is 0 Å². The first-order chi connectivity index (χ1) is 9.08. The fraction of sp³-hybridized carbons (Fsp3) is 0.333. The van der Waals surface area contributed by atoms with E-state index in [1.807, 2.05) is 18.2 Å². The number of hydrogen-bond acceptors (Lipinski definition) is 3. The van der Waals surface area contributed by atoms with Crippen molar-refractivity contribution < 1.29 is 14.3 Å². The van der Waals surface area contributed by atoms with E-state index in [9.17, 15) is 9.59 Å². The van der Waals surface area contributed by atoms with Gasteiger partial charge in [0.15, 0.2) is 0 Å². The maximum absolute atomic E-state index is 11.3. The van der Waals surface area contributed by atoms with Crippen molar-refractivity contribution >= 4 is 11.8 Å². The number of rotatable bonds is 5. The molecular formula is C15H17NO3. The van der Waals surface area contributed by atoms with Gasteiger partial charge in [0.05, 0.1) is 13.2 Å². The van der Waals surface area contributed by atoms with Crippen LogP contribution >= 0.6 is 0 Å². The van der Waals surface area contributed by atoms with E-state index in [0.29, 0.717) is 18.1 Å². The third-order valence-electron chi connectivity index (χ3n) is 3.03. The molecule has 0 radical (unpaired) electrons. The molecule has 0 fully saturated rings. The first-order valence-electron chi connectivity index (χ1n) is 6.29. The Hall–Kier alpha value is -1.94. The highest BCUT2D eigenvalue weighted by molar-refractivity contribution is 6.16. The smallest absolute Gasteiger partial charge is 0.256 e. The zero-order valence-electron chi connectivity index (χ0n) is 11.1. The Labute approximate surface area is 112 Å². The molecule has 2 amide bonds. The van der Waals surface area contributed by atoms with Crippen LogP contribution in [0.25, 0.3) is 0 Å². The Morgan fingerprint density at radius 3 is 2.53 bits per heavy atom. The normalized spacial score (nSPS) is 14.8. The van der Waals surface area contributed by atoms with Crippen molar-refractivity contribution in [3.05, 3.63) is 47.0 Å². The summed E-state index contributed by atoms with van der Waals surface area (Å²) in [6.45, 7) is 4.85. The molecule has 0 atom stereocenters. The van der Waals surface area contributed by atoms with Crippen molar-refractivity contribution in [2.24, 2.45) is 0 Å². The van der Waals surface area contributed by atoms with Crippen molar-refractivity contribution in [3.8, 4) is 0 Å². The van der Waals surface area contributed by atoms with E-state index in [4.69, 9.17) is 4.74 Å². The van der Waals surface area contributed by atoms with Crippen LogP contribution in [0.3, 0.4) is 0 Å². The van der Waals surface area contributed by atoms with Crippen LogP contribution in [0.15, 0.2) is 35.9 Å². The maximum atomic E-state index is 11.3. The van der Waals surface area contributed by atoms with Gasteiger partial charge < -0.3 is 4.74 Å². The van der Waals surface area contributed by atoms with E-state index in [2.05, 4.69) is 25.2 Å². The second-order valence-corrected chi connectivity index (χ2v) is 4.83.